The largest absolute Gasteiger partial charge is 0.322 e. The van der Waals surface area contributed by atoms with E-state index in [4.69, 9.17) is 11.6 Å². The van der Waals surface area contributed by atoms with Crippen LogP contribution in [0.2, 0.25) is 0 Å². The summed E-state index contributed by atoms with van der Waals surface area (Å²) in [6.07, 6.45) is 0.448. The van der Waals surface area contributed by atoms with Crippen molar-refractivity contribution in [3.05, 3.63) is 0 Å². The van der Waals surface area contributed by atoms with Gasteiger partial charge in [-0.2, -0.15) is 0 Å². The molecule has 1 rings (SSSR count). The SMILES string of the molecule is CCC1(C(Cl)Br)NC(=O)NC1=O. The van der Waals surface area contributed by atoms with Crippen molar-refractivity contribution in [2.75, 3.05) is 0 Å². The van der Waals surface area contributed by atoms with Gasteiger partial charge in [0.2, 0.25) is 0 Å². The summed E-state index contributed by atoms with van der Waals surface area (Å²) in [5.74, 6) is -0.383. The summed E-state index contributed by atoms with van der Waals surface area (Å²) in [5.41, 5.74) is -1.00. The van der Waals surface area contributed by atoms with E-state index >= 15 is 0 Å². The maximum Gasteiger partial charge on any atom is 0.322 e. The summed E-state index contributed by atoms with van der Waals surface area (Å²) < 4.78 is -0.596. The van der Waals surface area contributed by atoms with Gasteiger partial charge >= 0.3 is 6.03 Å². The van der Waals surface area contributed by atoms with Gasteiger partial charge in [-0.25, -0.2) is 4.79 Å². The van der Waals surface area contributed by atoms with Crippen LogP contribution in [0, 0.1) is 0 Å². The minimum atomic E-state index is -1.00. The molecule has 0 spiro atoms. The fourth-order valence-electron chi connectivity index (χ4n) is 1.06. The van der Waals surface area contributed by atoms with Crippen LogP contribution < -0.4 is 10.6 Å². The van der Waals surface area contributed by atoms with Crippen molar-refractivity contribution >= 4 is 39.5 Å². The van der Waals surface area contributed by atoms with Crippen molar-refractivity contribution in [2.45, 2.75) is 23.2 Å². The first-order valence-corrected chi connectivity index (χ1v) is 4.80. The van der Waals surface area contributed by atoms with Crippen LogP contribution in [0.25, 0.3) is 0 Å². The molecule has 0 aliphatic carbocycles. The number of urea groups is 1. The molecule has 0 aromatic carbocycles. The Bertz CT molecular complexity index is 234. The van der Waals surface area contributed by atoms with Crippen LogP contribution in [0.1, 0.15) is 13.3 Å². The highest BCUT2D eigenvalue weighted by molar-refractivity contribution is 9.10. The molecule has 1 aliphatic heterocycles. The standard InChI is InChI=1S/C6H8BrClN2O2/c1-2-6(3(7)8)4(11)9-5(12)10-6/h3H,2H2,1H3,(H2,9,10,11,12). The summed E-state index contributed by atoms with van der Waals surface area (Å²) in [5, 5.41) is 4.62. The van der Waals surface area contributed by atoms with Crippen LogP contribution >= 0.6 is 27.5 Å². The van der Waals surface area contributed by atoms with E-state index in [-0.39, 0.29) is 5.91 Å². The van der Waals surface area contributed by atoms with Crippen LogP contribution in [-0.2, 0) is 4.79 Å². The normalized spacial score (nSPS) is 31.2. The molecule has 0 aromatic rings. The van der Waals surface area contributed by atoms with Crippen molar-refractivity contribution in [1.29, 1.82) is 0 Å². The lowest BCUT2D eigenvalue weighted by Gasteiger charge is -2.25. The van der Waals surface area contributed by atoms with Gasteiger partial charge in [-0.3, -0.25) is 10.1 Å². The quantitative estimate of drug-likeness (QED) is 0.570. The van der Waals surface area contributed by atoms with Crippen molar-refractivity contribution in [3.63, 3.8) is 0 Å². The molecule has 2 unspecified atom stereocenters. The zero-order valence-corrected chi connectivity index (χ0v) is 8.70. The van der Waals surface area contributed by atoms with Crippen molar-refractivity contribution in [3.8, 4) is 0 Å². The third-order valence-corrected chi connectivity index (χ3v) is 3.05. The highest BCUT2D eigenvalue weighted by Crippen LogP contribution is 2.28. The van der Waals surface area contributed by atoms with E-state index in [1.807, 2.05) is 0 Å². The van der Waals surface area contributed by atoms with E-state index in [1.54, 1.807) is 6.92 Å². The van der Waals surface area contributed by atoms with Crippen LogP contribution in [0.4, 0.5) is 4.79 Å². The third-order valence-electron chi connectivity index (χ3n) is 1.90. The van der Waals surface area contributed by atoms with Gasteiger partial charge in [-0.15, -0.1) is 11.6 Å². The van der Waals surface area contributed by atoms with Gasteiger partial charge in [-0.05, 0) is 6.42 Å². The molecule has 0 radical (unpaired) electrons. The number of imide groups is 1. The van der Waals surface area contributed by atoms with Crippen LogP contribution in [0.15, 0.2) is 0 Å². The fraction of sp³-hybridized carbons (Fsp3) is 0.667. The molecule has 1 heterocycles. The second-order valence-electron chi connectivity index (χ2n) is 2.53. The number of rotatable bonds is 2. The van der Waals surface area contributed by atoms with Gasteiger partial charge in [0, 0.05) is 0 Å². The first-order chi connectivity index (χ1) is 5.53. The van der Waals surface area contributed by atoms with Gasteiger partial charge in [-0.1, -0.05) is 22.9 Å². The lowest BCUT2D eigenvalue weighted by molar-refractivity contribution is -0.123. The molecule has 0 aromatic heterocycles. The lowest BCUT2D eigenvalue weighted by atomic mass is 10.00. The van der Waals surface area contributed by atoms with E-state index < -0.39 is 15.9 Å². The van der Waals surface area contributed by atoms with E-state index in [9.17, 15) is 9.59 Å². The molecule has 4 nitrogen and oxygen atoms in total. The molecular weight excluding hydrogens is 247 g/mol. The van der Waals surface area contributed by atoms with Gasteiger partial charge in [0.25, 0.3) is 5.91 Å². The zero-order valence-electron chi connectivity index (χ0n) is 6.36. The Balaban J connectivity index is 2.94. The van der Waals surface area contributed by atoms with Crippen LogP contribution in [0.5, 0.6) is 0 Å². The Morgan fingerprint density at radius 1 is 1.67 bits per heavy atom. The Morgan fingerprint density at radius 2 is 2.25 bits per heavy atom. The van der Waals surface area contributed by atoms with E-state index in [0.29, 0.717) is 6.42 Å². The van der Waals surface area contributed by atoms with Gasteiger partial charge < -0.3 is 5.32 Å². The number of amides is 3. The molecule has 0 saturated carbocycles. The van der Waals surface area contributed by atoms with Gasteiger partial charge in [0.1, 0.15) is 9.83 Å². The minimum Gasteiger partial charge on any atom is -0.321 e. The second kappa shape index (κ2) is 3.22. The maximum absolute atomic E-state index is 11.3. The maximum atomic E-state index is 11.3. The molecule has 2 N–H and O–H groups in total. The second-order valence-corrected chi connectivity index (χ2v) is 4.41. The average Bonchev–Trinajstić information content (AvgIpc) is 2.26. The molecule has 68 valence electrons. The molecule has 0 bridgehead atoms. The fourth-order valence-corrected chi connectivity index (χ4v) is 2.02. The molecule has 1 saturated heterocycles. The summed E-state index contributed by atoms with van der Waals surface area (Å²) in [7, 11) is 0. The zero-order chi connectivity index (χ0) is 9.35. The number of carbonyl (C=O) groups is 2. The smallest absolute Gasteiger partial charge is 0.321 e. The number of alkyl halides is 2. The Kier molecular flexibility index (Phi) is 2.63. The number of hydrogen-bond acceptors (Lipinski definition) is 2. The first-order valence-electron chi connectivity index (χ1n) is 3.44. The first kappa shape index (κ1) is 9.80. The minimum absolute atomic E-state index is 0.383. The van der Waals surface area contributed by atoms with Crippen molar-refractivity contribution < 1.29 is 9.59 Å². The van der Waals surface area contributed by atoms with E-state index in [2.05, 4.69) is 26.6 Å². The topological polar surface area (TPSA) is 58.2 Å². The summed E-state index contributed by atoms with van der Waals surface area (Å²) >= 11 is 8.82. The molecule has 1 aliphatic rings. The summed E-state index contributed by atoms with van der Waals surface area (Å²) in [6, 6.07) is -0.494. The van der Waals surface area contributed by atoms with E-state index in [1.165, 1.54) is 0 Å². The number of nitrogens with one attached hydrogen (secondary N) is 2. The predicted octanol–water partition coefficient (Wildman–Crippen LogP) is 0.934. The number of halogens is 2. The van der Waals surface area contributed by atoms with Gasteiger partial charge in [0.15, 0.2) is 0 Å². The Labute approximate surface area is 83.2 Å². The predicted molar refractivity (Wildman–Crippen MR) is 48.3 cm³/mol. The van der Waals surface area contributed by atoms with Crippen molar-refractivity contribution in [1.82, 2.24) is 10.6 Å². The number of hydrogen-bond donors (Lipinski definition) is 2. The lowest BCUT2D eigenvalue weighted by Crippen LogP contribution is -2.51. The molecule has 3 amide bonds. The Morgan fingerprint density at radius 3 is 2.42 bits per heavy atom. The van der Waals surface area contributed by atoms with Gasteiger partial charge in [0.05, 0.1) is 0 Å². The molecular formula is C6H8BrClN2O2. The number of carbonyl (C=O) groups excluding carboxylic acids is 2. The third kappa shape index (κ3) is 1.31. The van der Waals surface area contributed by atoms with Crippen LogP contribution in [-0.4, -0.2) is 21.8 Å². The average molecular weight is 255 g/mol. The summed E-state index contributed by atoms with van der Waals surface area (Å²) in [6.45, 7) is 1.78. The highest BCUT2D eigenvalue weighted by Gasteiger charge is 2.49. The highest BCUT2D eigenvalue weighted by atomic mass is 79.9. The molecule has 12 heavy (non-hydrogen) atoms. The molecule has 6 heteroatoms. The summed E-state index contributed by atoms with van der Waals surface area (Å²) in [4.78, 5) is 22.1. The van der Waals surface area contributed by atoms with E-state index in [0.717, 1.165) is 0 Å². The Hall–Kier alpha value is -0.290. The monoisotopic (exact) mass is 254 g/mol. The van der Waals surface area contributed by atoms with Crippen LogP contribution in [0.3, 0.4) is 0 Å². The molecule has 1 fully saturated rings. The molecule has 2 atom stereocenters. The van der Waals surface area contributed by atoms with Crippen molar-refractivity contribution in [2.24, 2.45) is 0 Å².